The molecule has 0 saturated heterocycles. The van der Waals surface area contributed by atoms with Crippen molar-refractivity contribution < 1.29 is 17.6 Å². The van der Waals surface area contributed by atoms with Gasteiger partial charge >= 0.3 is 0 Å². The minimum absolute atomic E-state index is 0.0300. The van der Waals surface area contributed by atoms with Crippen molar-refractivity contribution in [1.29, 1.82) is 0 Å². The lowest BCUT2D eigenvalue weighted by Crippen LogP contribution is -2.12. The minimum Gasteiger partial charge on any atom is -0.206 e. The summed E-state index contributed by atoms with van der Waals surface area (Å²) < 4.78 is 55.2. The Hall–Kier alpha value is -2.80. The fraction of sp³-hybridized carbons (Fsp3) is 0.379. The number of fused-ring (bicyclic) bond motifs is 1. The molecule has 0 N–H and O–H groups in total. The molecular weight excluding hydrogens is 424 g/mol. The first-order chi connectivity index (χ1) is 16.0. The van der Waals surface area contributed by atoms with Gasteiger partial charge < -0.3 is 0 Å². The predicted molar refractivity (Wildman–Crippen MR) is 125 cm³/mol. The summed E-state index contributed by atoms with van der Waals surface area (Å²) >= 11 is 0. The van der Waals surface area contributed by atoms with Gasteiger partial charge in [0.2, 0.25) is 0 Å². The summed E-state index contributed by atoms with van der Waals surface area (Å²) in [5, 5.41) is -0.575. The Morgan fingerprint density at radius 3 is 2.24 bits per heavy atom. The summed E-state index contributed by atoms with van der Waals surface area (Å²) in [6.07, 6.45) is 8.90. The van der Waals surface area contributed by atoms with E-state index in [2.05, 4.69) is 43.0 Å². The van der Waals surface area contributed by atoms with Crippen LogP contribution < -0.4 is 0 Å². The molecule has 0 nitrogen and oxygen atoms in total. The molecule has 33 heavy (non-hydrogen) atoms. The molecule has 1 saturated carbocycles. The summed E-state index contributed by atoms with van der Waals surface area (Å²) in [5.74, 6) is 1.46. The number of hydrogen-bond acceptors (Lipinski definition) is 0. The van der Waals surface area contributed by atoms with Crippen molar-refractivity contribution in [2.24, 2.45) is 5.92 Å². The molecule has 1 aliphatic rings. The standard InChI is InChI=1S/C29H28F4/c1-2-3-4-5-19-8-12-22(13-9-19)23-14-10-20(11-15-23)6-7-21-16-24-18-26(31)28(32)29(33)27(24)25(30)17-21/h8-9,12-13,16-18,20,23H,2-5,10-11,14-15H2,1H3. The molecule has 0 aliphatic heterocycles. The van der Waals surface area contributed by atoms with E-state index in [-0.39, 0.29) is 11.3 Å². The summed E-state index contributed by atoms with van der Waals surface area (Å²) in [6, 6.07) is 12.3. The molecule has 4 rings (SSSR count). The number of benzene rings is 3. The highest BCUT2D eigenvalue weighted by atomic mass is 19.2. The minimum atomic E-state index is -1.66. The van der Waals surface area contributed by atoms with Crippen LogP contribution in [-0.2, 0) is 6.42 Å². The normalized spacial score (nSPS) is 18.2. The smallest absolute Gasteiger partial charge is 0.195 e. The third-order valence-electron chi connectivity index (χ3n) is 6.69. The van der Waals surface area contributed by atoms with Gasteiger partial charge in [-0.1, -0.05) is 55.9 Å². The van der Waals surface area contributed by atoms with Gasteiger partial charge in [-0.25, -0.2) is 17.6 Å². The van der Waals surface area contributed by atoms with Gasteiger partial charge in [-0.15, -0.1) is 0 Å². The number of unbranched alkanes of at least 4 members (excludes halogenated alkanes) is 2. The Kier molecular flexibility index (Phi) is 7.38. The second-order valence-electron chi connectivity index (χ2n) is 9.06. The van der Waals surface area contributed by atoms with Gasteiger partial charge in [0.05, 0.1) is 5.39 Å². The molecule has 1 aliphatic carbocycles. The van der Waals surface area contributed by atoms with Crippen LogP contribution >= 0.6 is 0 Å². The van der Waals surface area contributed by atoms with Crippen LogP contribution in [0, 0.1) is 41.0 Å². The molecule has 3 aromatic rings. The SMILES string of the molecule is CCCCCc1ccc(C2CCC(C#Cc3cc(F)c4c(F)c(F)c(F)cc4c3)CC2)cc1. The Labute approximate surface area is 193 Å². The average Bonchev–Trinajstić information content (AvgIpc) is 2.82. The highest BCUT2D eigenvalue weighted by Gasteiger charge is 2.21. The molecule has 0 unspecified atom stereocenters. The molecule has 3 aromatic carbocycles. The zero-order valence-corrected chi connectivity index (χ0v) is 18.9. The van der Waals surface area contributed by atoms with E-state index in [9.17, 15) is 17.6 Å². The molecule has 0 amide bonds. The fourth-order valence-electron chi connectivity index (χ4n) is 4.75. The lowest BCUT2D eigenvalue weighted by molar-refractivity contribution is 0.384. The summed E-state index contributed by atoms with van der Waals surface area (Å²) in [6.45, 7) is 2.22. The third-order valence-corrected chi connectivity index (χ3v) is 6.69. The quantitative estimate of drug-likeness (QED) is 0.158. The van der Waals surface area contributed by atoms with E-state index in [0.29, 0.717) is 11.5 Å². The van der Waals surface area contributed by atoms with Crippen molar-refractivity contribution in [2.45, 2.75) is 64.2 Å². The molecule has 0 bridgehead atoms. The molecule has 0 heterocycles. The number of halogens is 4. The lowest BCUT2D eigenvalue weighted by atomic mass is 9.78. The second-order valence-corrected chi connectivity index (χ2v) is 9.06. The van der Waals surface area contributed by atoms with Gasteiger partial charge in [0.1, 0.15) is 5.82 Å². The van der Waals surface area contributed by atoms with Gasteiger partial charge in [-0.3, -0.25) is 0 Å². The predicted octanol–water partition coefficient (Wildman–Crippen LogP) is 8.45. The number of aryl methyl sites for hydroxylation is 1. The van der Waals surface area contributed by atoms with Crippen LogP contribution in [0.4, 0.5) is 17.6 Å². The second kappa shape index (κ2) is 10.4. The van der Waals surface area contributed by atoms with Crippen LogP contribution in [0.15, 0.2) is 42.5 Å². The van der Waals surface area contributed by atoms with Crippen molar-refractivity contribution in [2.75, 3.05) is 0 Å². The van der Waals surface area contributed by atoms with E-state index in [0.717, 1.165) is 44.2 Å². The Bertz CT molecular complexity index is 1180. The van der Waals surface area contributed by atoms with Crippen LogP contribution in [0.25, 0.3) is 10.8 Å². The molecule has 0 radical (unpaired) electrons. The van der Waals surface area contributed by atoms with Gasteiger partial charge in [0.15, 0.2) is 17.5 Å². The zero-order valence-electron chi connectivity index (χ0n) is 18.9. The zero-order chi connectivity index (χ0) is 23.4. The highest BCUT2D eigenvalue weighted by Crippen LogP contribution is 2.36. The molecule has 0 atom stereocenters. The van der Waals surface area contributed by atoms with Crippen LogP contribution in [0.1, 0.15) is 74.5 Å². The van der Waals surface area contributed by atoms with Crippen LogP contribution in [0.2, 0.25) is 0 Å². The van der Waals surface area contributed by atoms with E-state index in [4.69, 9.17) is 0 Å². The van der Waals surface area contributed by atoms with Gasteiger partial charge in [-0.2, -0.15) is 0 Å². The van der Waals surface area contributed by atoms with Gasteiger partial charge in [0, 0.05) is 11.5 Å². The monoisotopic (exact) mass is 452 g/mol. The Balaban J connectivity index is 1.39. The maximum atomic E-state index is 14.3. The topological polar surface area (TPSA) is 0 Å². The van der Waals surface area contributed by atoms with Gasteiger partial charge in [0.25, 0.3) is 0 Å². The lowest BCUT2D eigenvalue weighted by Gasteiger charge is -2.26. The first-order valence-corrected chi connectivity index (χ1v) is 11.8. The summed E-state index contributed by atoms with van der Waals surface area (Å²) in [7, 11) is 0. The van der Waals surface area contributed by atoms with Crippen molar-refractivity contribution in [3.63, 3.8) is 0 Å². The molecule has 172 valence electrons. The van der Waals surface area contributed by atoms with E-state index in [1.807, 2.05) is 0 Å². The first kappa shape index (κ1) is 23.4. The first-order valence-electron chi connectivity index (χ1n) is 11.8. The Morgan fingerprint density at radius 1 is 0.818 bits per heavy atom. The Morgan fingerprint density at radius 2 is 1.55 bits per heavy atom. The maximum Gasteiger partial charge on any atom is 0.195 e. The summed E-state index contributed by atoms with van der Waals surface area (Å²) in [5.41, 5.74) is 3.12. The summed E-state index contributed by atoms with van der Waals surface area (Å²) in [4.78, 5) is 0. The molecule has 0 aromatic heterocycles. The van der Waals surface area contributed by atoms with E-state index in [1.54, 1.807) is 0 Å². The molecule has 4 heteroatoms. The fourth-order valence-corrected chi connectivity index (χ4v) is 4.75. The van der Waals surface area contributed by atoms with Crippen molar-refractivity contribution in [3.05, 3.63) is 82.4 Å². The van der Waals surface area contributed by atoms with Crippen LogP contribution in [0.3, 0.4) is 0 Å². The number of rotatable bonds is 5. The van der Waals surface area contributed by atoms with Crippen molar-refractivity contribution in [1.82, 2.24) is 0 Å². The van der Waals surface area contributed by atoms with Gasteiger partial charge in [-0.05, 0) is 79.2 Å². The molecule has 1 fully saturated rings. The van der Waals surface area contributed by atoms with E-state index in [1.165, 1.54) is 36.5 Å². The number of hydrogen-bond donors (Lipinski definition) is 0. The van der Waals surface area contributed by atoms with Crippen molar-refractivity contribution >= 4 is 10.8 Å². The average molecular weight is 453 g/mol. The van der Waals surface area contributed by atoms with Crippen LogP contribution in [-0.4, -0.2) is 0 Å². The molecular formula is C29H28F4. The van der Waals surface area contributed by atoms with Crippen molar-refractivity contribution in [3.8, 4) is 11.8 Å². The van der Waals surface area contributed by atoms with E-state index < -0.39 is 28.7 Å². The van der Waals surface area contributed by atoms with Crippen LogP contribution in [0.5, 0.6) is 0 Å². The largest absolute Gasteiger partial charge is 0.206 e. The maximum absolute atomic E-state index is 14.3. The highest BCUT2D eigenvalue weighted by molar-refractivity contribution is 5.85. The van der Waals surface area contributed by atoms with E-state index >= 15 is 0 Å². The third kappa shape index (κ3) is 5.41. The molecule has 0 spiro atoms.